The molecule has 0 unspecified atom stereocenters. The average molecular weight is 551 g/mol. The number of methoxy groups -OCH3 is 1. The summed E-state index contributed by atoms with van der Waals surface area (Å²) in [5, 5.41) is 0.948. The SMILES string of the molecule is COC(=O)c1ccc([C@@H]2c3c(c4ccccc4n3S(=O)(=O)c3ccc(C)cc3)CCN2Cc2ccccc2)cc1. The molecule has 6 rings (SSSR count). The second-order valence-electron chi connectivity index (χ2n) is 10.2. The van der Waals surface area contributed by atoms with Crippen molar-refractivity contribution in [3.8, 4) is 0 Å². The van der Waals surface area contributed by atoms with Gasteiger partial charge in [-0.1, -0.05) is 78.4 Å². The Hall–Kier alpha value is -4.20. The Labute approximate surface area is 234 Å². The third-order valence-electron chi connectivity index (χ3n) is 7.68. The zero-order chi connectivity index (χ0) is 27.9. The summed E-state index contributed by atoms with van der Waals surface area (Å²) in [5.41, 5.74) is 5.96. The predicted octanol–water partition coefficient (Wildman–Crippen LogP) is 6.12. The molecular weight excluding hydrogens is 520 g/mol. The molecule has 0 amide bonds. The Morgan fingerprint density at radius 1 is 0.875 bits per heavy atom. The molecule has 6 nitrogen and oxygen atoms in total. The lowest BCUT2D eigenvalue weighted by Crippen LogP contribution is -2.37. The molecule has 202 valence electrons. The van der Waals surface area contributed by atoms with E-state index in [-0.39, 0.29) is 10.9 Å². The average Bonchev–Trinajstić information content (AvgIpc) is 3.33. The van der Waals surface area contributed by atoms with Gasteiger partial charge in [0.05, 0.1) is 34.8 Å². The highest BCUT2D eigenvalue weighted by molar-refractivity contribution is 7.90. The fourth-order valence-corrected chi connectivity index (χ4v) is 7.32. The van der Waals surface area contributed by atoms with Gasteiger partial charge in [-0.05, 0) is 60.4 Å². The molecule has 40 heavy (non-hydrogen) atoms. The molecule has 1 aliphatic rings. The van der Waals surface area contributed by atoms with Gasteiger partial charge < -0.3 is 4.74 Å². The first kappa shape index (κ1) is 26.0. The van der Waals surface area contributed by atoms with Gasteiger partial charge in [-0.2, -0.15) is 0 Å². The van der Waals surface area contributed by atoms with Crippen molar-refractivity contribution in [1.29, 1.82) is 0 Å². The number of hydrogen-bond acceptors (Lipinski definition) is 5. The molecular formula is C33H30N2O4S. The lowest BCUT2D eigenvalue weighted by Gasteiger charge is -2.37. The fourth-order valence-electron chi connectivity index (χ4n) is 5.74. The van der Waals surface area contributed by atoms with Crippen LogP contribution in [0.5, 0.6) is 0 Å². The molecule has 1 aliphatic heterocycles. The van der Waals surface area contributed by atoms with Gasteiger partial charge >= 0.3 is 5.97 Å². The Balaban J connectivity index is 1.60. The van der Waals surface area contributed by atoms with Crippen molar-refractivity contribution in [2.75, 3.05) is 13.7 Å². The minimum Gasteiger partial charge on any atom is -0.465 e. The number of hydrogen-bond donors (Lipinski definition) is 0. The summed E-state index contributed by atoms with van der Waals surface area (Å²) >= 11 is 0. The molecule has 2 heterocycles. The maximum absolute atomic E-state index is 14.4. The predicted molar refractivity (Wildman–Crippen MR) is 156 cm³/mol. The van der Waals surface area contributed by atoms with Gasteiger partial charge in [-0.15, -0.1) is 0 Å². The van der Waals surface area contributed by atoms with E-state index < -0.39 is 16.0 Å². The second kappa shape index (κ2) is 10.4. The number of fused-ring (bicyclic) bond motifs is 3. The van der Waals surface area contributed by atoms with Gasteiger partial charge in [-0.3, -0.25) is 4.90 Å². The van der Waals surface area contributed by atoms with Crippen molar-refractivity contribution < 1.29 is 17.9 Å². The minimum atomic E-state index is -3.93. The number of carbonyl (C=O) groups excluding carboxylic acids is 1. The molecule has 4 aromatic carbocycles. The smallest absolute Gasteiger partial charge is 0.337 e. The highest BCUT2D eigenvalue weighted by Gasteiger charge is 2.37. The number of benzene rings is 4. The van der Waals surface area contributed by atoms with Crippen molar-refractivity contribution in [1.82, 2.24) is 8.87 Å². The minimum absolute atomic E-state index is 0.252. The van der Waals surface area contributed by atoms with Crippen molar-refractivity contribution in [3.63, 3.8) is 0 Å². The van der Waals surface area contributed by atoms with Crippen LogP contribution in [-0.4, -0.2) is 36.9 Å². The molecule has 0 spiro atoms. The Morgan fingerprint density at radius 2 is 1.55 bits per heavy atom. The number of aryl methyl sites for hydroxylation is 1. The van der Waals surface area contributed by atoms with E-state index in [2.05, 4.69) is 17.0 Å². The third-order valence-corrected chi connectivity index (χ3v) is 9.43. The zero-order valence-corrected chi connectivity index (χ0v) is 23.3. The van der Waals surface area contributed by atoms with Crippen molar-refractivity contribution in [2.45, 2.75) is 30.8 Å². The van der Waals surface area contributed by atoms with Crippen LogP contribution in [0.25, 0.3) is 10.9 Å². The monoisotopic (exact) mass is 550 g/mol. The molecule has 0 fully saturated rings. The summed E-state index contributed by atoms with van der Waals surface area (Å²) in [7, 11) is -2.57. The van der Waals surface area contributed by atoms with Gasteiger partial charge in [0, 0.05) is 18.5 Å². The molecule has 1 aromatic heterocycles. The summed E-state index contributed by atoms with van der Waals surface area (Å²) < 4.78 is 35.3. The van der Waals surface area contributed by atoms with E-state index in [0.29, 0.717) is 17.6 Å². The van der Waals surface area contributed by atoms with Gasteiger partial charge in [-0.25, -0.2) is 17.2 Å². The van der Waals surface area contributed by atoms with Crippen LogP contribution in [0.4, 0.5) is 0 Å². The van der Waals surface area contributed by atoms with E-state index in [1.807, 2.05) is 73.7 Å². The third kappa shape index (κ3) is 4.51. The van der Waals surface area contributed by atoms with Crippen LogP contribution in [0.15, 0.2) is 108 Å². The normalized spacial score (nSPS) is 15.6. The van der Waals surface area contributed by atoms with Crippen LogP contribution in [0.2, 0.25) is 0 Å². The Kier molecular flexibility index (Phi) is 6.78. The van der Waals surface area contributed by atoms with Crippen LogP contribution in [-0.2, 0) is 27.7 Å². The first-order valence-electron chi connectivity index (χ1n) is 13.3. The second-order valence-corrected chi connectivity index (χ2v) is 12.0. The van der Waals surface area contributed by atoms with E-state index in [1.54, 1.807) is 28.2 Å². The molecule has 0 N–H and O–H groups in total. The summed E-state index contributed by atoms with van der Waals surface area (Å²) in [6, 6.07) is 31.9. The first-order chi connectivity index (χ1) is 19.4. The van der Waals surface area contributed by atoms with E-state index >= 15 is 0 Å². The van der Waals surface area contributed by atoms with Crippen molar-refractivity contribution in [3.05, 3.63) is 137 Å². The number of carbonyl (C=O) groups is 1. The Morgan fingerprint density at radius 3 is 2.25 bits per heavy atom. The molecule has 0 aliphatic carbocycles. The molecule has 5 aromatic rings. The number of ether oxygens (including phenoxy) is 1. The number of nitrogens with zero attached hydrogens (tertiary/aromatic N) is 2. The highest BCUT2D eigenvalue weighted by atomic mass is 32.2. The molecule has 1 atom stereocenters. The number of rotatable bonds is 6. The summed E-state index contributed by atoms with van der Waals surface area (Å²) in [6.07, 6.45) is 0.718. The van der Waals surface area contributed by atoms with Crippen LogP contribution in [0.1, 0.15) is 44.3 Å². The van der Waals surface area contributed by atoms with Gasteiger partial charge in [0.25, 0.3) is 10.0 Å². The largest absolute Gasteiger partial charge is 0.465 e. The zero-order valence-electron chi connectivity index (χ0n) is 22.4. The number of para-hydroxylation sites is 1. The van der Waals surface area contributed by atoms with Crippen LogP contribution >= 0.6 is 0 Å². The first-order valence-corrected chi connectivity index (χ1v) is 14.7. The quantitative estimate of drug-likeness (QED) is 0.238. The molecule has 0 bridgehead atoms. The van der Waals surface area contributed by atoms with Gasteiger partial charge in [0.1, 0.15) is 0 Å². The number of esters is 1. The lowest BCUT2D eigenvalue weighted by molar-refractivity contribution is 0.0600. The van der Waals surface area contributed by atoms with E-state index in [9.17, 15) is 13.2 Å². The van der Waals surface area contributed by atoms with E-state index in [1.165, 1.54) is 7.11 Å². The lowest BCUT2D eigenvalue weighted by atomic mass is 9.91. The molecule has 0 radical (unpaired) electrons. The number of aromatic nitrogens is 1. The van der Waals surface area contributed by atoms with E-state index in [0.717, 1.165) is 46.3 Å². The van der Waals surface area contributed by atoms with Crippen molar-refractivity contribution >= 4 is 26.9 Å². The Bertz CT molecular complexity index is 1790. The molecule has 7 heteroatoms. The molecule has 0 saturated heterocycles. The maximum atomic E-state index is 14.4. The summed E-state index contributed by atoms with van der Waals surface area (Å²) in [6.45, 7) is 3.35. The fraction of sp³-hybridized carbons (Fsp3) is 0.182. The van der Waals surface area contributed by atoms with Crippen LogP contribution in [0, 0.1) is 6.92 Å². The highest BCUT2D eigenvalue weighted by Crippen LogP contribution is 2.43. The summed E-state index contributed by atoms with van der Waals surface area (Å²) in [4.78, 5) is 14.7. The standard InChI is InChI=1S/C33H30N2O4S/c1-23-12-18-27(19-13-23)40(37,38)35-30-11-7-6-10-28(30)29-20-21-34(22-24-8-4-3-5-9-24)31(32(29)35)25-14-16-26(17-15-25)33(36)39-2/h3-19,31H,20-22H2,1-2H3/t31-/m1/s1. The van der Waals surface area contributed by atoms with Crippen LogP contribution < -0.4 is 0 Å². The molecule has 0 saturated carbocycles. The van der Waals surface area contributed by atoms with Crippen molar-refractivity contribution in [2.24, 2.45) is 0 Å². The van der Waals surface area contributed by atoms with Crippen LogP contribution in [0.3, 0.4) is 0 Å². The topological polar surface area (TPSA) is 68.6 Å². The summed E-state index contributed by atoms with van der Waals surface area (Å²) in [5.74, 6) is -0.409. The maximum Gasteiger partial charge on any atom is 0.337 e. The van der Waals surface area contributed by atoms with Gasteiger partial charge in [0.2, 0.25) is 0 Å². The van der Waals surface area contributed by atoms with E-state index in [4.69, 9.17) is 4.74 Å². The van der Waals surface area contributed by atoms with Gasteiger partial charge in [0.15, 0.2) is 0 Å².